The van der Waals surface area contributed by atoms with E-state index < -0.39 is 0 Å². The van der Waals surface area contributed by atoms with Crippen LogP contribution in [0.4, 0.5) is 0 Å². The summed E-state index contributed by atoms with van der Waals surface area (Å²) in [6.07, 6.45) is 4.90. The van der Waals surface area contributed by atoms with Crippen LogP contribution in [0.2, 0.25) is 0 Å². The molecule has 3 amide bonds. The number of primary amides is 1. The van der Waals surface area contributed by atoms with Gasteiger partial charge in [-0.15, -0.1) is 0 Å². The Morgan fingerprint density at radius 1 is 1.00 bits per heavy atom. The molecule has 2 aromatic rings. The lowest BCUT2D eigenvalue weighted by Crippen LogP contribution is -2.63. The van der Waals surface area contributed by atoms with Crippen LogP contribution in [0.5, 0.6) is 0 Å². The number of rotatable bonds is 8. The van der Waals surface area contributed by atoms with Gasteiger partial charge in [-0.1, -0.05) is 42.0 Å². The van der Waals surface area contributed by atoms with Crippen molar-refractivity contribution in [2.45, 2.75) is 57.0 Å². The summed E-state index contributed by atoms with van der Waals surface area (Å²) in [7, 11) is 0. The lowest BCUT2D eigenvalue weighted by Gasteiger charge is -2.46. The van der Waals surface area contributed by atoms with Crippen LogP contribution in [-0.2, 0) is 16.0 Å². The highest BCUT2D eigenvalue weighted by atomic mass is 16.2. The Hall–Kier alpha value is -3.19. The molecule has 2 aliphatic rings. The molecule has 0 atom stereocenters. The minimum absolute atomic E-state index is 0.00733. The fraction of sp³-hybridized carbons (Fsp3) is 0.444. The molecule has 1 saturated heterocycles. The lowest BCUT2D eigenvalue weighted by atomic mass is 9.80. The third-order valence-electron chi connectivity index (χ3n) is 7.01. The second-order valence-electron chi connectivity index (χ2n) is 9.66. The van der Waals surface area contributed by atoms with Crippen molar-refractivity contribution in [1.82, 2.24) is 15.5 Å². The number of nitrogens with zero attached hydrogens (tertiary/aromatic N) is 1. The second kappa shape index (κ2) is 10.8. The summed E-state index contributed by atoms with van der Waals surface area (Å²) < 4.78 is 0. The number of likely N-dealkylation sites (tertiary alicyclic amines) is 1. The molecular formula is C27H34N4O3. The van der Waals surface area contributed by atoms with E-state index in [0.29, 0.717) is 23.9 Å². The number of nitrogens with two attached hydrogens (primary N) is 1. The minimum Gasteiger partial charge on any atom is -0.369 e. The fourth-order valence-electron chi connectivity index (χ4n) is 5.11. The Bertz CT molecular complexity index is 1020. The van der Waals surface area contributed by atoms with Crippen molar-refractivity contribution in [3.63, 3.8) is 0 Å². The molecule has 4 rings (SSSR count). The Labute approximate surface area is 201 Å². The van der Waals surface area contributed by atoms with Crippen molar-refractivity contribution in [3.8, 4) is 0 Å². The van der Waals surface area contributed by atoms with Crippen molar-refractivity contribution in [1.29, 1.82) is 0 Å². The van der Waals surface area contributed by atoms with Crippen molar-refractivity contribution in [2.24, 2.45) is 5.73 Å². The smallest absolute Gasteiger partial charge is 0.251 e. The van der Waals surface area contributed by atoms with Gasteiger partial charge in [0.05, 0.1) is 19.0 Å². The Morgan fingerprint density at radius 3 is 2.35 bits per heavy atom. The first-order chi connectivity index (χ1) is 16.4. The van der Waals surface area contributed by atoms with Crippen LogP contribution in [0.25, 0.3) is 0 Å². The van der Waals surface area contributed by atoms with E-state index in [9.17, 15) is 14.4 Å². The maximum atomic E-state index is 12.2. The molecule has 0 aromatic heterocycles. The van der Waals surface area contributed by atoms with E-state index in [0.717, 1.165) is 49.9 Å². The van der Waals surface area contributed by atoms with E-state index in [4.69, 9.17) is 5.73 Å². The average Bonchev–Trinajstić information content (AvgIpc) is 2.80. The number of carbonyl (C=O) groups excluding carboxylic acids is 3. The van der Waals surface area contributed by atoms with Gasteiger partial charge in [0.2, 0.25) is 11.8 Å². The average molecular weight is 463 g/mol. The topological polar surface area (TPSA) is 105 Å². The van der Waals surface area contributed by atoms with E-state index in [-0.39, 0.29) is 30.3 Å². The van der Waals surface area contributed by atoms with Crippen molar-refractivity contribution in [2.75, 3.05) is 19.6 Å². The number of aryl methyl sites for hydroxylation is 1. The molecule has 4 N–H and O–H groups in total. The summed E-state index contributed by atoms with van der Waals surface area (Å²) in [5, 5.41) is 5.73. The number of nitrogens with one attached hydrogen (secondary N) is 2. The zero-order valence-corrected chi connectivity index (χ0v) is 19.8. The molecule has 7 nitrogen and oxygen atoms in total. The van der Waals surface area contributed by atoms with Crippen LogP contribution < -0.4 is 16.4 Å². The van der Waals surface area contributed by atoms with Gasteiger partial charge >= 0.3 is 0 Å². The van der Waals surface area contributed by atoms with Crippen molar-refractivity contribution < 1.29 is 14.4 Å². The summed E-state index contributed by atoms with van der Waals surface area (Å²) in [5.74, 6) is -0.112. The third kappa shape index (κ3) is 6.23. The quantitative estimate of drug-likeness (QED) is 0.560. The molecule has 0 spiro atoms. The predicted octanol–water partition coefficient (Wildman–Crippen LogP) is 2.28. The molecule has 1 saturated carbocycles. The van der Waals surface area contributed by atoms with Crippen LogP contribution >= 0.6 is 0 Å². The first-order valence-electron chi connectivity index (χ1n) is 12.1. The molecule has 0 radical (unpaired) electrons. The molecule has 2 fully saturated rings. The first kappa shape index (κ1) is 24.0. The lowest BCUT2D eigenvalue weighted by molar-refractivity contribution is -0.122. The number of benzene rings is 2. The van der Waals surface area contributed by atoms with Crippen LogP contribution in [0, 0.1) is 6.92 Å². The summed E-state index contributed by atoms with van der Waals surface area (Å²) in [6, 6.07) is 16.3. The van der Waals surface area contributed by atoms with Crippen molar-refractivity contribution in [3.05, 3.63) is 70.8 Å². The van der Waals surface area contributed by atoms with Gasteiger partial charge in [-0.25, -0.2) is 0 Å². The van der Waals surface area contributed by atoms with E-state index >= 15 is 0 Å². The Balaban J connectivity index is 1.14. The van der Waals surface area contributed by atoms with Gasteiger partial charge in [-0.3, -0.25) is 19.3 Å². The second-order valence-corrected chi connectivity index (χ2v) is 9.66. The summed E-state index contributed by atoms with van der Waals surface area (Å²) in [5.41, 5.74) is 9.16. The number of amides is 3. The number of hydrogen-bond acceptors (Lipinski definition) is 4. The Kier molecular flexibility index (Phi) is 7.63. The Morgan fingerprint density at radius 2 is 1.71 bits per heavy atom. The molecule has 180 valence electrons. The molecule has 1 aliphatic carbocycles. The van der Waals surface area contributed by atoms with E-state index in [2.05, 4.69) is 27.7 Å². The van der Waals surface area contributed by atoms with Gasteiger partial charge in [-0.05, 0) is 61.8 Å². The fourth-order valence-corrected chi connectivity index (χ4v) is 5.11. The van der Waals surface area contributed by atoms with Gasteiger partial charge in [0.1, 0.15) is 0 Å². The molecular weight excluding hydrogens is 428 g/mol. The highest BCUT2D eigenvalue weighted by molar-refractivity contribution is 5.96. The van der Waals surface area contributed by atoms with Gasteiger partial charge in [0.25, 0.3) is 5.91 Å². The third-order valence-corrected chi connectivity index (χ3v) is 7.01. The van der Waals surface area contributed by atoms with Gasteiger partial charge in [0, 0.05) is 24.7 Å². The van der Waals surface area contributed by atoms with Crippen LogP contribution in [0.3, 0.4) is 0 Å². The zero-order chi connectivity index (χ0) is 24.1. The minimum atomic E-state index is -0.302. The van der Waals surface area contributed by atoms with E-state index in [1.165, 1.54) is 5.56 Å². The van der Waals surface area contributed by atoms with Crippen LogP contribution in [-0.4, -0.2) is 54.3 Å². The first-order valence-corrected chi connectivity index (χ1v) is 12.1. The number of carbonyl (C=O) groups is 3. The molecule has 0 unspecified atom stereocenters. The maximum Gasteiger partial charge on any atom is 0.251 e. The highest BCUT2D eigenvalue weighted by Gasteiger charge is 2.35. The molecule has 0 bridgehead atoms. The summed E-state index contributed by atoms with van der Waals surface area (Å²) >= 11 is 0. The molecule has 1 aliphatic heterocycles. The van der Waals surface area contributed by atoms with Gasteiger partial charge in [-0.2, -0.15) is 0 Å². The largest absolute Gasteiger partial charge is 0.369 e. The summed E-state index contributed by atoms with van der Waals surface area (Å²) in [4.78, 5) is 38.0. The monoisotopic (exact) mass is 462 g/mol. The molecule has 7 heteroatoms. The van der Waals surface area contributed by atoms with Gasteiger partial charge < -0.3 is 16.4 Å². The molecule has 34 heavy (non-hydrogen) atoms. The van der Waals surface area contributed by atoms with Crippen LogP contribution in [0.15, 0.2) is 48.5 Å². The molecule has 2 aromatic carbocycles. The number of hydrogen-bond donors (Lipinski definition) is 3. The van der Waals surface area contributed by atoms with Gasteiger partial charge in [0.15, 0.2) is 0 Å². The van der Waals surface area contributed by atoms with Crippen LogP contribution in [0.1, 0.15) is 58.6 Å². The highest BCUT2D eigenvalue weighted by Crippen LogP contribution is 2.36. The normalized spacial score (nSPS) is 20.9. The summed E-state index contributed by atoms with van der Waals surface area (Å²) in [6.45, 7) is 3.67. The zero-order valence-electron chi connectivity index (χ0n) is 19.8. The van der Waals surface area contributed by atoms with E-state index in [1.54, 1.807) is 6.07 Å². The molecule has 1 heterocycles. The van der Waals surface area contributed by atoms with E-state index in [1.807, 2.05) is 37.3 Å². The SMILES string of the molecule is Cc1cccc(C(=O)NCC(=O)NC2CN([C@H]3CC[C@@H](c4ccc(CC(N)=O)cc4)CC3)C2)c1. The standard InChI is InChI=1S/C27H34N4O3/c1-18-3-2-4-22(13-18)27(34)29-15-26(33)30-23-16-31(17-23)24-11-9-21(10-12-24)20-7-5-19(6-8-20)14-25(28)32/h2-8,13,21,23-24H,9-12,14-17H2,1H3,(H2,28,32)(H,29,34)(H,30,33)/t21-,24+. The predicted molar refractivity (Wildman–Crippen MR) is 131 cm³/mol. The van der Waals surface area contributed by atoms with Crippen molar-refractivity contribution >= 4 is 17.7 Å². The maximum absolute atomic E-state index is 12.2.